The van der Waals surface area contributed by atoms with Crippen LogP contribution in [0.1, 0.15) is 20.8 Å². The number of anilines is 1. The number of hydrogen-bond donors (Lipinski definition) is 3. The summed E-state index contributed by atoms with van der Waals surface area (Å²) in [4.78, 5) is 24.1. The van der Waals surface area contributed by atoms with Crippen LogP contribution in [0.4, 0.5) is 10.5 Å². The molecule has 1 rings (SSSR count). The molecule has 1 unspecified atom stereocenters. The van der Waals surface area contributed by atoms with Crippen molar-refractivity contribution < 1.29 is 14.7 Å². The Labute approximate surface area is 123 Å². The molecule has 0 spiro atoms. The average Bonchev–Trinajstić information content (AvgIpc) is 2.34. The fourth-order valence-electron chi connectivity index (χ4n) is 1.65. The van der Waals surface area contributed by atoms with Crippen LogP contribution in [0.25, 0.3) is 0 Å². The van der Waals surface area contributed by atoms with Crippen molar-refractivity contribution in [3.05, 3.63) is 24.3 Å². The summed E-state index contributed by atoms with van der Waals surface area (Å²) in [6, 6.07) is 5.88. The summed E-state index contributed by atoms with van der Waals surface area (Å²) >= 11 is 1.57. The van der Waals surface area contributed by atoms with E-state index in [1.165, 1.54) is 0 Å². The maximum absolute atomic E-state index is 11.9. The van der Waals surface area contributed by atoms with Gasteiger partial charge in [-0.15, -0.1) is 11.8 Å². The summed E-state index contributed by atoms with van der Waals surface area (Å²) in [5.74, 6) is -1.05. The fourth-order valence-corrected chi connectivity index (χ4v) is 2.11. The van der Waals surface area contributed by atoms with Gasteiger partial charge >= 0.3 is 12.0 Å². The van der Waals surface area contributed by atoms with Crippen LogP contribution in [-0.2, 0) is 4.79 Å². The molecule has 1 atom stereocenters. The van der Waals surface area contributed by atoms with Crippen LogP contribution in [0, 0.1) is 5.41 Å². The molecule has 20 heavy (non-hydrogen) atoms. The Morgan fingerprint density at radius 2 is 1.95 bits per heavy atom. The molecule has 0 aliphatic rings. The van der Waals surface area contributed by atoms with Crippen molar-refractivity contribution in [2.24, 2.45) is 5.41 Å². The van der Waals surface area contributed by atoms with Crippen molar-refractivity contribution in [1.82, 2.24) is 5.32 Å². The lowest BCUT2D eigenvalue weighted by Gasteiger charge is -2.27. The lowest BCUT2D eigenvalue weighted by molar-refractivity contribution is -0.141. The topological polar surface area (TPSA) is 78.4 Å². The predicted molar refractivity (Wildman–Crippen MR) is 81.3 cm³/mol. The summed E-state index contributed by atoms with van der Waals surface area (Å²) < 4.78 is 0. The molecule has 0 saturated carbocycles. The quantitative estimate of drug-likeness (QED) is 0.746. The SMILES string of the molecule is CSc1cccc(NC(=O)NC(C(=O)O)C(C)(C)C)c1. The van der Waals surface area contributed by atoms with Crippen LogP contribution < -0.4 is 10.6 Å². The molecular formula is C14H20N2O3S. The number of carboxylic acid groups (broad SMARTS) is 1. The summed E-state index contributed by atoms with van der Waals surface area (Å²) in [7, 11) is 0. The molecule has 5 nitrogen and oxygen atoms in total. The Hall–Kier alpha value is -1.69. The molecule has 3 N–H and O–H groups in total. The van der Waals surface area contributed by atoms with Crippen molar-refractivity contribution in [1.29, 1.82) is 0 Å². The number of nitrogens with one attached hydrogen (secondary N) is 2. The molecule has 1 aromatic carbocycles. The number of carbonyl (C=O) groups is 2. The first-order valence-electron chi connectivity index (χ1n) is 6.18. The highest BCUT2D eigenvalue weighted by molar-refractivity contribution is 7.98. The molecule has 0 radical (unpaired) electrons. The number of hydrogen-bond acceptors (Lipinski definition) is 3. The molecule has 0 fully saturated rings. The first-order valence-corrected chi connectivity index (χ1v) is 7.41. The molecule has 0 heterocycles. The molecule has 0 saturated heterocycles. The molecule has 0 aromatic heterocycles. The zero-order valence-corrected chi connectivity index (χ0v) is 12.9. The second kappa shape index (κ2) is 6.65. The fraction of sp³-hybridized carbons (Fsp3) is 0.429. The molecule has 2 amide bonds. The van der Waals surface area contributed by atoms with Crippen molar-refractivity contribution >= 4 is 29.4 Å². The largest absolute Gasteiger partial charge is 0.480 e. The Kier molecular flexibility index (Phi) is 5.44. The third kappa shape index (κ3) is 4.77. The molecule has 1 aromatic rings. The zero-order valence-electron chi connectivity index (χ0n) is 12.1. The van der Waals surface area contributed by atoms with E-state index in [-0.39, 0.29) is 0 Å². The van der Waals surface area contributed by atoms with Gasteiger partial charge in [0.15, 0.2) is 0 Å². The molecule has 110 valence electrons. The van der Waals surface area contributed by atoms with E-state index >= 15 is 0 Å². The summed E-state index contributed by atoms with van der Waals surface area (Å²) in [5, 5.41) is 14.3. The smallest absolute Gasteiger partial charge is 0.326 e. The lowest BCUT2D eigenvalue weighted by atomic mass is 9.87. The second-order valence-corrected chi connectivity index (χ2v) is 6.35. The van der Waals surface area contributed by atoms with Crippen LogP contribution >= 0.6 is 11.8 Å². The van der Waals surface area contributed by atoms with E-state index in [0.717, 1.165) is 4.90 Å². The number of benzene rings is 1. The number of urea groups is 1. The third-order valence-electron chi connectivity index (χ3n) is 2.72. The number of aliphatic carboxylic acids is 1. The average molecular weight is 296 g/mol. The van der Waals surface area contributed by atoms with Crippen LogP contribution in [0.15, 0.2) is 29.2 Å². The Bertz CT molecular complexity index is 497. The van der Waals surface area contributed by atoms with E-state index < -0.39 is 23.5 Å². The highest BCUT2D eigenvalue weighted by Crippen LogP contribution is 2.21. The van der Waals surface area contributed by atoms with Crippen molar-refractivity contribution in [2.75, 3.05) is 11.6 Å². The van der Waals surface area contributed by atoms with Gasteiger partial charge in [0, 0.05) is 10.6 Å². The first kappa shape index (κ1) is 16.4. The van der Waals surface area contributed by atoms with Gasteiger partial charge in [0.25, 0.3) is 0 Å². The van der Waals surface area contributed by atoms with Gasteiger partial charge in [-0.05, 0) is 29.9 Å². The van der Waals surface area contributed by atoms with Crippen LogP contribution in [0.5, 0.6) is 0 Å². The van der Waals surface area contributed by atoms with Crippen molar-refractivity contribution in [3.63, 3.8) is 0 Å². The highest BCUT2D eigenvalue weighted by Gasteiger charge is 2.32. The van der Waals surface area contributed by atoms with Gasteiger partial charge in [0.05, 0.1) is 0 Å². The van der Waals surface area contributed by atoms with Gasteiger partial charge in [-0.3, -0.25) is 0 Å². The van der Waals surface area contributed by atoms with Crippen LogP contribution in [0.2, 0.25) is 0 Å². The normalized spacial score (nSPS) is 12.6. The number of amides is 2. The molecule has 0 aliphatic carbocycles. The molecule has 0 aliphatic heterocycles. The number of thioether (sulfide) groups is 1. The zero-order chi connectivity index (χ0) is 15.3. The van der Waals surface area contributed by atoms with Gasteiger partial charge < -0.3 is 15.7 Å². The van der Waals surface area contributed by atoms with Gasteiger partial charge in [0.2, 0.25) is 0 Å². The Balaban J connectivity index is 2.73. The van der Waals surface area contributed by atoms with Gasteiger partial charge in [-0.25, -0.2) is 9.59 Å². The Morgan fingerprint density at radius 1 is 1.30 bits per heavy atom. The number of rotatable bonds is 4. The molecule has 6 heteroatoms. The van der Waals surface area contributed by atoms with Crippen molar-refractivity contribution in [3.8, 4) is 0 Å². The van der Waals surface area contributed by atoms with E-state index in [4.69, 9.17) is 5.11 Å². The van der Waals surface area contributed by atoms with Gasteiger partial charge in [-0.2, -0.15) is 0 Å². The lowest BCUT2D eigenvalue weighted by Crippen LogP contribution is -2.50. The van der Waals surface area contributed by atoms with E-state index in [9.17, 15) is 9.59 Å². The minimum Gasteiger partial charge on any atom is -0.480 e. The summed E-state index contributed by atoms with van der Waals surface area (Å²) in [5.41, 5.74) is 0.0667. The monoisotopic (exact) mass is 296 g/mol. The minimum atomic E-state index is -1.05. The highest BCUT2D eigenvalue weighted by atomic mass is 32.2. The number of carboxylic acids is 1. The molecule has 0 bridgehead atoms. The Morgan fingerprint density at radius 3 is 2.45 bits per heavy atom. The van der Waals surface area contributed by atoms with Gasteiger partial charge in [-0.1, -0.05) is 26.8 Å². The minimum absolute atomic E-state index is 0.523. The van der Waals surface area contributed by atoms with Gasteiger partial charge in [0.1, 0.15) is 6.04 Å². The van der Waals surface area contributed by atoms with Crippen LogP contribution in [0.3, 0.4) is 0 Å². The summed E-state index contributed by atoms with van der Waals surface area (Å²) in [6.07, 6.45) is 1.94. The van der Waals surface area contributed by atoms with Crippen molar-refractivity contribution in [2.45, 2.75) is 31.7 Å². The van der Waals surface area contributed by atoms with E-state index in [1.54, 1.807) is 38.6 Å². The number of carbonyl (C=O) groups excluding carboxylic acids is 1. The van der Waals surface area contributed by atoms with E-state index in [0.29, 0.717) is 5.69 Å². The standard InChI is InChI=1S/C14H20N2O3S/c1-14(2,3)11(12(17)18)16-13(19)15-9-6-5-7-10(8-9)20-4/h5-8,11H,1-4H3,(H,17,18)(H2,15,16,19). The summed E-state index contributed by atoms with van der Waals surface area (Å²) in [6.45, 7) is 5.29. The first-order chi connectivity index (χ1) is 9.24. The second-order valence-electron chi connectivity index (χ2n) is 5.47. The third-order valence-corrected chi connectivity index (χ3v) is 3.44. The maximum Gasteiger partial charge on any atom is 0.326 e. The van der Waals surface area contributed by atoms with E-state index in [2.05, 4.69) is 10.6 Å². The predicted octanol–water partition coefficient (Wildman–Crippen LogP) is 3.03. The maximum atomic E-state index is 11.9. The van der Waals surface area contributed by atoms with Crippen LogP contribution in [-0.4, -0.2) is 29.4 Å². The molecular weight excluding hydrogens is 276 g/mol. The van der Waals surface area contributed by atoms with E-state index in [1.807, 2.05) is 24.5 Å².